The van der Waals surface area contributed by atoms with Gasteiger partial charge in [0.05, 0.1) is 0 Å². The van der Waals surface area contributed by atoms with Crippen molar-refractivity contribution in [2.75, 3.05) is 25.1 Å². The van der Waals surface area contributed by atoms with Crippen LogP contribution in [0.4, 0.5) is 0 Å². The lowest BCUT2D eigenvalue weighted by atomic mass is 10.1. The van der Waals surface area contributed by atoms with Crippen molar-refractivity contribution in [1.29, 1.82) is 0 Å². The van der Waals surface area contributed by atoms with E-state index in [1.807, 2.05) is 31.4 Å². The molecule has 2 amide bonds. The van der Waals surface area contributed by atoms with Crippen LogP contribution in [0.3, 0.4) is 0 Å². The summed E-state index contributed by atoms with van der Waals surface area (Å²) < 4.78 is 0. The Kier molecular flexibility index (Phi) is 6.92. The van der Waals surface area contributed by atoms with E-state index in [9.17, 15) is 9.59 Å². The largest absolute Gasteiger partial charge is 0.350 e. The maximum Gasteiger partial charge on any atom is 0.251 e. The third-order valence-electron chi connectivity index (χ3n) is 3.92. The van der Waals surface area contributed by atoms with Gasteiger partial charge in [-0.05, 0) is 50.5 Å². The first-order valence-electron chi connectivity index (χ1n) is 7.97. The molecule has 0 spiro atoms. The zero-order valence-corrected chi connectivity index (χ0v) is 14.5. The van der Waals surface area contributed by atoms with E-state index in [4.69, 9.17) is 0 Å². The van der Waals surface area contributed by atoms with Crippen molar-refractivity contribution in [3.05, 3.63) is 35.4 Å². The zero-order valence-electron chi connectivity index (χ0n) is 13.7. The van der Waals surface area contributed by atoms with Crippen molar-refractivity contribution in [1.82, 2.24) is 16.0 Å². The van der Waals surface area contributed by atoms with Crippen LogP contribution >= 0.6 is 11.8 Å². The van der Waals surface area contributed by atoms with Crippen LogP contribution < -0.4 is 16.0 Å². The number of aryl methyl sites for hydroxylation is 1. The number of benzene rings is 1. The molecule has 0 aromatic heterocycles. The van der Waals surface area contributed by atoms with Crippen molar-refractivity contribution < 1.29 is 9.59 Å². The van der Waals surface area contributed by atoms with Crippen LogP contribution in [0.25, 0.3) is 0 Å². The fourth-order valence-electron chi connectivity index (χ4n) is 2.61. The van der Waals surface area contributed by atoms with Crippen LogP contribution in [-0.2, 0) is 4.79 Å². The van der Waals surface area contributed by atoms with Gasteiger partial charge in [0.2, 0.25) is 5.91 Å². The molecule has 1 heterocycles. The Labute approximate surface area is 142 Å². The number of rotatable bonds is 7. The predicted octanol–water partition coefficient (Wildman–Crippen LogP) is 1.32. The van der Waals surface area contributed by atoms with Crippen molar-refractivity contribution in [2.24, 2.45) is 0 Å². The quantitative estimate of drug-likeness (QED) is 0.703. The van der Waals surface area contributed by atoms with Crippen LogP contribution in [0.1, 0.15) is 28.8 Å². The molecule has 0 bridgehead atoms. The summed E-state index contributed by atoms with van der Waals surface area (Å²) in [4.78, 5) is 24.9. The van der Waals surface area contributed by atoms with Gasteiger partial charge in [0, 0.05) is 18.2 Å². The highest BCUT2D eigenvalue weighted by molar-refractivity contribution is 7.98. The van der Waals surface area contributed by atoms with E-state index >= 15 is 0 Å². The number of hydrogen-bond donors (Lipinski definition) is 3. The van der Waals surface area contributed by atoms with E-state index in [1.54, 1.807) is 17.8 Å². The van der Waals surface area contributed by atoms with Crippen LogP contribution in [-0.4, -0.2) is 49.0 Å². The molecule has 0 aliphatic carbocycles. The van der Waals surface area contributed by atoms with Crippen molar-refractivity contribution in [2.45, 2.75) is 31.8 Å². The fourth-order valence-corrected chi connectivity index (χ4v) is 3.08. The molecule has 5 nitrogen and oxygen atoms in total. The van der Waals surface area contributed by atoms with Crippen molar-refractivity contribution >= 4 is 23.6 Å². The van der Waals surface area contributed by atoms with Gasteiger partial charge in [-0.1, -0.05) is 17.7 Å². The van der Waals surface area contributed by atoms with Gasteiger partial charge >= 0.3 is 0 Å². The summed E-state index contributed by atoms with van der Waals surface area (Å²) in [5.74, 6) is 0.544. The van der Waals surface area contributed by atoms with Gasteiger partial charge in [0.15, 0.2) is 0 Å². The maximum absolute atomic E-state index is 12.5. The van der Waals surface area contributed by atoms with E-state index in [-0.39, 0.29) is 17.9 Å². The van der Waals surface area contributed by atoms with Gasteiger partial charge in [-0.25, -0.2) is 0 Å². The summed E-state index contributed by atoms with van der Waals surface area (Å²) in [6.45, 7) is 3.67. The molecule has 1 fully saturated rings. The first-order valence-corrected chi connectivity index (χ1v) is 9.37. The molecule has 2 atom stereocenters. The Morgan fingerprint density at radius 2 is 2.26 bits per heavy atom. The molecule has 1 aliphatic rings. The Hall–Kier alpha value is -1.53. The number of carbonyl (C=O) groups is 2. The van der Waals surface area contributed by atoms with Gasteiger partial charge in [-0.2, -0.15) is 11.8 Å². The number of carbonyl (C=O) groups excluding carboxylic acids is 2. The molecular weight excluding hydrogens is 310 g/mol. The van der Waals surface area contributed by atoms with E-state index in [2.05, 4.69) is 16.0 Å². The van der Waals surface area contributed by atoms with Gasteiger partial charge in [-0.15, -0.1) is 0 Å². The number of nitrogens with one attached hydrogen (secondary N) is 3. The summed E-state index contributed by atoms with van der Waals surface area (Å²) in [5.41, 5.74) is 1.62. The Bertz CT molecular complexity index is 544. The van der Waals surface area contributed by atoms with E-state index in [0.717, 1.165) is 30.8 Å². The van der Waals surface area contributed by atoms with Crippen molar-refractivity contribution in [3.8, 4) is 0 Å². The highest BCUT2D eigenvalue weighted by atomic mass is 32.2. The molecule has 2 unspecified atom stereocenters. The first-order chi connectivity index (χ1) is 11.1. The monoisotopic (exact) mass is 335 g/mol. The second kappa shape index (κ2) is 8.93. The number of thioether (sulfide) groups is 1. The summed E-state index contributed by atoms with van der Waals surface area (Å²) in [7, 11) is 0. The second-order valence-corrected chi connectivity index (χ2v) is 6.86. The average molecular weight is 335 g/mol. The molecule has 23 heavy (non-hydrogen) atoms. The lowest BCUT2D eigenvalue weighted by Crippen LogP contribution is -2.50. The molecule has 1 aliphatic heterocycles. The third-order valence-corrected chi connectivity index (χ3v) is 4.56. The van der Waals surface area contributed by atoms with Gasteiger partial charge < -0.3 is 16.0 Å². The van der Waals surface area contributed by atoms with Crippen LogP contribution in [0.2, 0.25) is 0 Å². The van der Waals surface area contributed by atoms with Crippen molar-refractivity contribution in [3.63, 3.8) is 0 Å². The van der Waals surface area contributed by atoms with Gasteiger partial charge in [0.25, 0.3) is 5.91 Å². The second-order valence-electron chi connectivity index (χ2n) is 5.88. The van der Waals surface area contributed by atoms with Gasteiger partial charge in [0.1, 0.15) is 6.04 Å². The highest BCUT2D eigenvalue weighted by Gasteiger charge is 2.24. The minimum atomic E-state index is -0.490. The average Bonchev–Trinajstić information content (AvgIpc) is 3.04. The Morgan fingerprint density at radius 3 is 2.91 bits per heavy atom. The number of hydrogen-bond acceptors (Lipinski definition) is 4. The van der Waals surface area contributed by atoms with E-state index < -0.39 is 6.04 Å². The molecule has 126 valence electrons. The summed E-state index contributed by atoms with van der Waals surface area (Å²) in [6.07, 6.45) is 3.57. The predicted molar refractivity (Wildman–Crippen MR) is 94.8 cm³/mol. The Morgan fingerprint density at radius 1 is 1.43 bits per heavy atom. The minimum Gasteiger partial charge on any atom is -0.350 e. The Balaban J connectivity index is 1.98. The van der Waals surface area contributed by atoms with Crippen LogP contribution in [0, 0.1) is 6.92 Å². The highest BCUT2D eigenvalue weighted by Crippen LogP contribution is 2.07. The molecule has 3 N–H and O–H groups in total. The third kappa shape index (κ3) is 5.55. The van der Waals surface area contributed by atoms with Crippen LogP contribution in [0.5, 0.6) is 0 Å². The van der Waals surface area contributed by atoms with Crippen LogP contribution in [0.15, 0.2) is 24.3 Å². The molecule has 1 aromatic rings. The van der Waals surface area contributed by atoms with E-state index in [0.29, 0.717) is 12.0 Å². The normalized spacial score (nSPS) is 18.4. The molecule has 1 aromatic carbocycles. The zero-order chi connectivity index (χ0) is 16.7. The summed E-state index contributed by atoms with van der Waals surface area (Å²) in [5, 5.41) is 9.14. The standard InChI is InChI=1S/C17H25N3O2S/c1-12-4-3-5-13(10-12)16(21)20-15(7-9-23-2)17(22)19-14-6-8-18-11-14/h3-5,10,14-15,18H,6-9,11H2,1-2H3,(H,19,22)(H,20,21). The smallest absolute Gasteiger partial charge is 0.251 e. The first kappa shape index (κ1) is 17.8. The lowest BCUT2D eigenvalue weighted by Gasteiger charge is -2.20. The maximum atomic E-state index is 12.5. The SMILES string of the molecule is CSCCC(NC(=O)c1cccc(C)c1)C(=O)NC1CCNC1. The molecule has 1 saturated heterocycles. The minimum absolute atomic E-state index is 0.0891. The summed E-state index contributed by atoms with van der Waals surface area (Å²) >= 11 is 1.67. The molecule has 0 radical (unpaired) electrons. The number of amides is 2. The topological polar surface area (TPSA) is 70.2 Å². The lowest BCUT2D eigenvalue weighted by molar-refractivity contribution is -0.123. The fraction of sp³-hybridized carbons (Fsp3) is 0.529. The van der Waals surface area contributed by atoms with E-state index in [1.165, 1.54) is 0 Å². The molecule has 2 rings (SSSR count). The molecular formula is C17H25N3O2S. The molecule has 0 saturated carbocycles. The summed E-state index contributed by atoms with van der Waals surface area (Å²) in [6, 6.07) is 7.07. The van der Waals surface area contributed by atoms with Gasteiger partial charge in [-0.3, -0.25) is 9.59 Å². The molecule has 6 heteroatoms.